The molecule has 94 valence electrons. The SMILES string of the molecule is COc1nc(NN)nc(N2CCCCC2C)n1. The first-order chi connectivity index (χ1) is 8.24. The number of aromatic nitrogens is 3. The number of anilines is 2. The van der Waals surface area contributed by atoms with Crippen molar-refractivity contribution in [1.82, 2.24) is 15.0 Å². The zero-order chi connectivity index (χ0) is 12.3. The van der Waals surface area contributed by atoms with Crippen molar-refractivity contribution in [2.24, 2.45) is 5.84 Å². The summed E-state index contributed by atoms with van der Waals surface area (Å²) in [4.78, 5) is 14.7. The molecule has 0 radical (unpaired) electrons. The molecular weight excluding hydrogens is 220 g/mol. The number of nitrogens with zero attached hydrogens (tertiary/aromatic N) is 4. The van der Waals surface area contributed by atoms with Crippen LogP contribution in [0.25, 0.3) is 0 Å². The number of hydrogen-bond donors (Lipinski definition) is 2. The van der Waals surface area contributed by atoms with Gasteiger partial charge in [-0.2, -0.15) is 15.0 Å². The minimum atomic E-state index is 0.278. The number of nitrogen functional groups attached to an aromatic ring is 1. The second kappa shape index (κ2) is 5.13. The molecule has 1 fully saturated rings. The lowest BCUT2D eigenvalue weighted by molar-refractivity contribution is 0.376. The van der Waals surface area contributed by atoms with Crippen LogP contribution in [0.15, 0.2) is 0 Å². The molecule has 0 aromatic carbocycles. The van der Waals surface area contributed by atoms with Gasteiger partial charge in [-0.05, 0) is 26.2 Å². The van der Waals surface area contributed by atoms with Crippen LogP contribution in [0, 0.1) is 0 Å². The van der Waals surface area contributed by atoms with Gasteiger partial charge in [0.2, 0.25) is 11.9 Å². The van der Waals surface area contributed by atoms with Crippen molar-refractivity contribution in [2.75, 3.05) is 24.0 Å². The molecule has 0 saturated carbocycles. The fraction of sp³-hybridized carbons (Fsp3) is 0.700. The van der Waals surface area contributed by atoms with Crippen molar-refractivity contribution in [3.8, 4) is 6.01 Å². The normalized spacial score (nSPS) is 20.2. The summed E-state index contributed by atoms with van der Waals surface area (Å²) in [6.45, 7) is 3.13. The molecule has 1 aliphatic rings. The average Bonchev–Trinajstić information content (AvgIpc) is 2.38. The lowest BCUT2D eigenvalue weighted by atomic mass is 10.0. The summed E-state index contributed by atoms with van der Waals surface area (Å²) in [7, 11) is 1.53. The maximum Gasteiger partial charge on any atom is 0.322 e. The summed E-state index contributed by atoms with van der Waals surface area (Å²) in [5.74, 6) is 6.28. The van der Waals surface area contributed by atoms with E-state index in [9.17, 15) is 0 Å². The third-order valence-corrected chi connectivity index (χ3v) is 2.97. The van der Waals surface area contributed by atoms with E-state index in [0.717, 1.165) is 19.4 Å². The van der Waals surface area contributed by atoms with E-state index in [4.69, 9.17) is 10.6 Å². The Morgan fingerprint density at radius 1 is 1.35 bits per heavy atom. The quantitative estimate of drug-likeness (QED) is 0.587. The van der Waals surface area contributed by atoms with Gasteiger partial charge in [0, 0.05) is 12.6 Å². The number of ether oxygens (including phenoxy) is 1. The summed E-state index contributed by atoms with van der Waals surface area (Å²) in [5.41, 5.74) is 2.43. The molecule has 0 aliphatic carbocycles. The Bertz CT molecular complexity index is 363. The minimum Gasteiger partial charge on any atom is -0.467 e. The van der Waals surface area contributed by atoms with E-state index in [1.807, 2.05) is 0 Å². The Hall–Kier alpha value is -1.63. The van der Waals surface area contributed by atoms with Crippen molar-refractivity contribution in [1.29, 1.82) is 0 Å². The molecule has 17 heavy (non-hydrogen) atoms. The lowest BCUT2D eigenvalue weighted by Gasteiger charge is -2.33. The third kappa shape index (κ3) is 2.55. The first-order valence-electron chi connectivity index (χ1n) is 5.78. The molecule has 2 rings (SSSR count). The topological polar surface area (TPSA) is 89.2 Å². The summed E-state index contributed by atoms with van der Waals surface area (Å²) in [6.07, 6.45) is 3.56. The van der Waals surface area contributed by atoms with Crippen LogP contribution in [0.4, 0.5) is 11.9 Å². The molecule has 3 N–H and O–H groups in total. The van der Waals surface area contributed by atoms with E-state index < -0.39 is 0 Å². The van der Waals surface area contributed by atoms with Crippen LogP contribution >= 0.6 is 0 Å². The minimum absolute atomic E-state index is 0.278. The van der Waals surface area contributed by atoms with Crippen LogP contribution in [0.2, 0.25) is 0 Å². The summed E-state index contributed by atoms with van der Waals surface area (Å²) in [5, 5.41) is 0. The van der Waals surface area contributed by atoms with E-state index in [-0.39, 0.29) is 6.01 Å². The maximum absolute atomic E-state index is 5.33. The highest BCUT2D eigenvalue weighted by atomic mass is 16.5. The number of nitrogens with one attached hydrogen (secondary N) is 1. The van der Waals surface area contributed by atoms with Gasteiger partial charge in [-0.15, -0.1) is 0 Å². The Balaban J connectivity index is 2.29. The molecule has 1 saturated heterocycles. The first-order valence-corrected chi connectivity index (χ1v) is 5.78. The molecule has 1 unspecified atom stereocenters. The zero-order valence-corrected chi connectivity index (χ0v) is 10.2. The Labute approximate surface area is 100 Å². The van der Waals surface area contributed by atoms with Gasteiger partial charge in [-0.25, -0.2) is 5.84 Å². The van der Waals surface area contributed by atoms with Gasteiger partial charge in [-0.1, -0.05) is 0 Å². The summed E-state index contributed by atoms with van der Waals surface area (Å²) in [6, 6.07) is 0.710. The lowest BCUT2D eigenvalue weighted by Crippen LogP contribution is -2.38. The average molecular weight is 238 g/mol. The first kappa shape index (κ1) is 11.8. The molecule has 0 amide bonds. The Morgan fingerprint density at radius 2 is 2.18 bits per heavy atom. The monoisotopic (exact) mass is 238 g/mol. The second-order valence-electron chi connectivity index (χ2n) is 4.13. The van der Waals surface area contributed by atoms with E-state index in [1.165, 1.54) is 13.5 Å². The highest BCUT2D eigenvalue weighted by Crippen LogP contribution is 2.23. The Morgan fingerprint density at radius 3 is 2.82 bits per heavy atom. The van der Waals surface area contributed by atoms with Crippen molar-refractivity contribution in [3.63, 3.8) is 0 Å². The van der Waals surface area contributed by atoms with Crippen LogP contribution in [-0.4, -0.2) is 34.6 Å². The molecule has 7 heteroatoms. The van der Waals surface area contributed by atoms with Gasteiger partial charge < -0.3 is 9.64 Å². The zero-order valence-electron chi connectivity index (χ0n) is 10.2. The number of hydrogen-bond acceptors (Lipinski definition) is 7. The largest absolute Gasteiger partial charge is 0.467 e. The smallest absolute Gasteiger partial charge is 0.322 e. The van der Waals surface area contributed by atoms with Gasteiger partial charge >= 0.3 is 6.01 Å². The standard InChI is InChI=1S/C10H18N6O/c1-7-5-3-4-6-16(7)9-12-8(15-11)13-10(14-9)17-2/h7H,3-6,11H2,1-2H3,(H,12,13,14,15). The molecule has 1 aromatic rings. The van der Waals surface area contributed by atoms with Gasteiger partial charge in [0.15, 0.2) is 0 Å². The van der Waals surface area contributed by atoms with Gasteiger partial charge in [-0.3, -0.25) is 5.43 Å². The molecule has 1 aromatic heterocycles. The maximum atomic E-state index is 5.33. The molecule has 2 heterocycles. The van der Waals surface area contributed by atoms with Crippen LogP contribution in [0.1, 0.15) is 26.2 Å². The van der Waals surface area contributed by atoms with Crippen LogP contribution in [-0.2, 0) is 0 Å². The van der Waals surface area contributed by atoms with E-state index in [2.05, 4.69) is 32.2 Å². The van der Waals surface area contributed by atoms with E-state index >= 15 is 0 Å². The highest BCUT2D eigenvalue weighted by Gasteiger charge is 2.22. The predicted octanol–water partition coefficient (Wildman–Crippen LogP) is 0.545. The van der Waals surface area contributed by atoms with Crippen molar-refractivity contribution >= 4 is 11.9 Å². The summed E-state index contributed by atoms with van der Waals surface area (Å²) < 4.78 is 5.04. The predicted molar refractivity (Wildman–Crippen MR) is 64.8 cm³/mol. The number of nitrogens with two attached hydrogens (primary N) is 1. The Kier molecular flexibility index (Phi) is 3.58. The molecule has 1 aliphatic heterocycles. The molecule has 0 bridgehead atoms. The number of piperidine rings is 1. The number of rotatable bonds is 3. The number of methoxy groups -OCH3 is 1. The molecule has 0 spiro atoms. The van der Waals surface area contributed by atoms with E-state index in [0.29, 0.717) is 17.9 Å². The van der Waals surface area contributed by atoms with Crippen molar-refractivity contribution < 1.29 is 4.74 Å². The number of hydrazine groups is 1. The van der Waals surface area contributed by atoms with Crippen LogP contribution < -0.4 is 20.9 Å². The molecule has 7 nitrogen and oxygen atoms in total. The fourth-order valence-corrected chi connectivity index (χ4v) is 2.03. The summed E-state index contributed by atoms with van der Waals surface area (Å²) >= 11 is 0. The highest BCUT2D eigenvalue weighted by molar-refractivity contribution is 5.39. The third-order valence-electron chi connectivity index (χ3n) is 2.97. The van der Waals surface area contributed by atoms with Crippen LogP contribution in [0.5, 0.6) is 6.01 Å². The second-order valence-corrected chi connectivity index (χ2v) is 4.13. The molecular formula is C10H18N6O. The molecule has 1 atom stereocenters. The van der Waals surface area contributed by atoms with Gasteiger partial charge in [0.1, 0.15) is 0 Å². The fourth-order valence-electron chi connectivity index (χ4n) is 2.03. The van der Waals surface area contributed by atoms with E-state index in [1.54, 1.807) is 0 Å². The van der Waals surface area contributed by atoms with Gasteiger partial charge in [0.05, 0.1) is 7.11 Å². The van der Waals surface area contributed by atoms with Crippen molar-refractivity contribution in [2.45, 2.75) is 32.2 Å². The van der Waals surface area contributed by atoms with Crippen molar-refractivity contribution in [3.05, 3.63) is 0 Å². The van der Waals surface area contributed by atoms with Gasteiger partial charge in [0.25, 0.3) is 0 Å². The van der Waals surface area contributed by atoms with Crippen LogP contribution in [0.3, 0.4) is 0 Å².